The van der Waals surface area contributed by atoms with Gasteiger partial charge in [-0.15, -0.1) is 0 Å². The predicted molar refractivity (Wildman–Crippen MR) is 121 cm³/mol. The number of hydrogen-bond donors (Lipinski definition) is 1. The number of ketones is 1. The third-order valence-corrected chi connectivity index (χ3v) is 6.03. The molecule has 2 aromatic rings. The van der Waals surface area contributed by atoms with Crippen molar-refractivity contribution in [3.63, 3.8) is 0 Å². The first kappa shape index (κ1) is 21.8. The highest BCUT2D eigenvalue weighted by molar-refractivity contribution is 6.04. The largest absolute Gasteiger partial charge is 0.497 e. The van der Waals surface area contributed by atoms with Crippen molar-refractivity contribution >= 4 is 11.8 Å². The topological polar surface area (TPSA) is 77.5 Å². The first-order valence-electron chi connectivity index (χ1n) is 10.7. The number of nitrogens with zero attached hydrogens (tertiary/aromatic N) is 1. The summed E-state index contributed by atoms with van der Waals surface area (Å²) in [5.74, 6) is -0.0948. The number of ether oxygens (including phenoxy) is 2. The third kappa shape index (κ3) is 4.31. The van der Waals surface area contributed by atoms with Crippen LogP contribution < -0.4 is 10.1 Å². The number of aromatic nitrogens is 1. The zero-order valence-electron chi connectivity index (χ0n) is 18.9. The number of hydrogen-bond acceptors (Lipinski definition) is 6. The maximum Gasteiger partial charge on any atom is 0.337 e. The van der Waals surface area contributed by atoms with Crippen LogP contribution in [0.15, 0.2) is 71.3 Å². The number of benzene rings is 1. The van der Waals surface area contributed by atoms with Gasteiger partial charge in [-0.1, -0.05) is 26.0 Å². The molecule has 0 amide bonds. The number of Topliss-reactive ketones (excluding diaryl/α,β-unsaturated/α-hetero) is 1. The molecule has 6 nitrogen and oxygen atoms in total. The molecule has 1 N–H and O–H groups in total. The van der Waals surface area contributed by atoms with E-state index in [1.165, 1.54) is 0 Å². The monoisotopic (exact) mass is 432 g/mol. The normalized spacial score (nSPS) is 19.9. The number of esters is 1. The Morgan fingerprint density at radius 3 is 2.47 bits per heavy atom. The van der Waals surface area contributed by atoms with Crippen LogP contribution in [0, 0.1) is 5.41 Å². The first-order valence-corrected chi connectivity index (χ1v) is 10.7. The Bertz CT molecular complexity index is 1100. The molecule has 1 aliphatic carbocycles. The summed E-state index contributed by atoms with van der Waals surface area (Å²) in [6, 6.07) is 11.1. The molecule has 1 atom stereocenters. The standard InChI is InChI=1S/C26H28N2O4/c1-16-22(25(30)32-15-17-5-7-19(31-4)8-6-17)23(18-9-11-27-12-10-18)24-20(28-16)13-26(2,3)14-21(24)29/h5-12,23,28H,13-15H2,1-4H3. The minimum atomic E-state index is -0.471. The second kappa shape index (κ2) is 8.61. The van der Waals surface area contributed by atoms with Crippen LogP contribution >= 0.6 is 0 Å². The van der Waals surface area contributed by atoms with Crippen molar-refractivity contribution in [2.75, 3.05) is 7.11 Å². The van der Waals surface area contributed by atoms with Crippen LogP contribution in [-0.4, -0.2) is 23.8 Å². The Kier molecular flexibility index (Phi) is 5.87. The quantitative estimate of drug-likeness (QED) is 0.704. The van der Waals surface area contributed by atoms with E-state index in [1.54, 1.807) is 19.5 Å². The number of carbonyl (C=O) groups is 2. The Labute approximate surface area is 188 Å². The predicted octanol–water partition coefficient (Wildman–Crippen LogP) is 4.44. The molecule has 0 bridgehead atoms. The summed E-state index contributed by atoms with van der Waals surface area (Å²) in [6.07, 6.45) is 4.57. The molecule has 0 radical (unpaired) electrons. The molecular formula is C26H28N2O4. The van der Waals surface area contributed by atoms with E-state index in [9.17, 15) is 9.59 Å². The van der Waals surface area contributed by atoms with Gasteiger partial charge in [-0.2, -0.15) is 0 Å². The number of dihydropyridines is 1. The summed E-state index contributed by atoms with van der Waals surface area (Å²) in [4.78, 5) is 30.7. The van der Waals surface area contributed by atoms with E-state index in [-0.39, 0.29) is 17.8 Å². The van der Waals surface area contributed by atoms with E-state index in [4.69, 9.17) is 9.47 Å². The van der Waals surface area contributed by atoms with Crippen LogP contribution in [0.3, 0.4) is 0 Å². The number of pyridine rings is 1. The average molecular weight is 433 g/mol. The molecule has 0 saturated carbocycles. The second-order valence-electron chi connectivity index (χ2n) is 9.13. The van der Waals surface area contributed by atoms with Crippen molar-refractivity contribution in [1.82, 2.24) is 10.3 Å². The van der Waals surface area contributed by atoms with Crippen molar-refractivity contribution in [1.29, 1.82) is 0 Å². The summed E-state index contributed by atoms with van der Waals surface area (Å²) in [6.45, 7) is 6.19. The Hall–Kier alpha value is -3.41. The van der Waals surface area contributed by atoms with Crippen molar-refractivity contribution < 1.29 is 19.1 Å². The zero-order valence-corrected chi connectivity index (χ0v) is 18.9. The molecule has 0 saturated heterocycles. The number of nitrogens with one attached hydrogen (secondary N) is 1. The molecule has 4 rings (SSSR count). The number of carbonyl (C=O) groups excluding carboxylic acids is 2. The molecule has 2 heterocycles. The highest BCUT2D eigenvalue weighted by atomic mass is 16.5. The van der Waals surface area contributed by atoms with E-state index in [2.05, 4.69) is 24.1 Å². The van der Waals surface area contributed by atoms with Crippen LogP contribution in [0.4, 0.5) is 0 Å². The van der Waals surface area contributed by atoms with Gasteiger partial charge in [-0.25, -0.2) is 4.79 Å². The van der Waals surface area contributed by atoms with Gasteiger partial charge in [0.15, 0.2) is 5.78 Å². The smallest absolute Gasteiger partial charge is 0.337 e. The maximum atomic E-state index is 13.3. The summed E-state index contributed by atoms with van der Waals surface area (Å²) >= 11 is 0. The highest BCUT2D eigenvalue weighted by Crippen LogP contribution is 2.46. The van der Waals surface area contributed by atoms with Gasteiger partial charge in [0.25, 0.3) is 0 Å². The summed E-state index contributed by atoms with van der Waals surface area (Å²) in [7, 11) is 1.61. The first-order chi connectivity index (χ1) is 15.3. The van der Waals surface area contributed by atoms with Crippen molar-refractivity contribution in [3.05, 3.63) is 82.5 Å². The second-order valence-corrected chi connectivity index (χ2v) is 9.13. The van der Waals surface area contributed by atoms with Crippen molar-refractivity contribution in [2.24, 2.45) is 5.41 Å². The average Bonchev–Trinajstić information content (AvgIpc) is 2.76. The van der Waals surface area contributed by atoms with Gasteiger partial charge in [-0.3, -0.25) is 9.78 Å². The van der Waals surface area contributed by atoms with Crippen LogP contribution in [-0.2, 0) is 20.9 Å². The van der Waals surface area contributed by atoms with Crippen LogP contribution in [0.5, 0.6) is 5.75 Å². The van der Waals surface area contributed by atoms with Gasteiger partial charge in [0, 0.05) is 41.7 Å². The van der Waals surface area contributed by atoms with Crippen LogP contribution in [0.25, 0.3) is 0 Å². The molecule has 166 valence electrons. The minimum Gasteiger partial charge on any atom is -0.497 e. The lowest BCUT2D eigenvalue weighted by Crippen LogP contribution is -2.38. The molecule has 0 fully saturated rings. The SMILES string of the molecule is COc1ccc(COC(=O)C2=C(C)NC3=C(C(=O)CC(C)(C)C3)C2c2ccncc2)cc1. The molecule has 6 heteroatoms. The molecule has 32 heavy (non-hydrogen) atoms. The van der Waals surface area contributed by atoms with Crippen LogP contribution in [0.1, 0.15) is 50.7 Å². The maximum absolute atomic E-state index is 13.3. The van der Waals surface area contributed by atoms with Gasteiger partial charge in [0.05, 0.1) is 12.7 Å². The zero-order chi connectivity index (χ0) is 22.9. The highest BCUT2D eigenvalue weighted by Gasteiger charge is 2.43. The Morgan fingerprint density at radius 2 is 1.81 bits per heavy atom. The lowest BCUT2D eigenvalue weighted by molar-refractivity contribution is -0.140. The van der Waals surface area contributed by atoms with E-state index < -0.39 is 11.9 Å². The van der Waals surface area contributed by atoms with Crippen molar-refractivity contribution in [2.45, 2.75) is 46.1 Å². The summed E-state index contributed by atoms with van der Waals surface area (Å²) in [5.41, 5.74) is 4.34. The molecule has 2 aliphatic rings. The van der Waals surface area contributed by atoms with E-state index in [1.807, 2.05) is 43.3 Å². The summed E-state index contributed by atoms with van der Waals surface area (Å²) in [5, 5.41) is 3.35. The molecule has 1 aliphatic heterocycles. The fourth-order valence-corrected chi connectivity index (χ4v) is 4.54. The lowest BCUT2D eigenvalue weighted by atomic mass is 9.68. The third-order valence-electron chi connectivity index (χ3n) is 6.03. The van der Waals surface area contributed by atoms with Gasteiger partial charge in [0.2, 0.25) is 0 Å². The fraction of sp³-hybridized carbons (Fsp3) is 0.346. The van der Waals surface area contributed by atoms with Gasteiger partial charge < -0.3 is 14.8 Å². The molecule has 1 aromatic heterocycles. The molecule has 1 unspecified atom stereocenters. The number of methoxy groups -OCH3 is 1. The Morgan fingerprint density at radius 1 is 1.12 bits per heavy atom. The van der Waals surface area contributed by atoms with Gasteiger partial charge in [-0.05, 0) is 54.2 Å². The number of allylic oxidation sites excluding steroid dienone is 3. The van der Waals surface area contributed by atoms with Crippen LogP contribution in [0.2, 0.25) is 0 Å². The fourth-order valence-electron chi connectivity index (χ4n) is 4.54. The van der Waals surface area contributed by atoms with E-state index in [0.717, 1.165) is 34.7 Å². The summed E-state index contributed by atoms with van der Waals surface area (Å²) < 4.78 is 10.9. The Balaban J connectivity index is 1.66. The molecule has 0 spiro atoms. The molecular weight excluding hydrogens is 404 g/mol. The van der Waals surface area contributed by atoms with Gasteiger partial charge >= 0.3 is 5.97 Å². The lowest BCUT2D eigenvalue weighted by Gasteiger charge is -2.39. The minimum absolute atomic E-state index is 0.0681. The van der Waals surface area contributed by atoms with Crippen molar-refractivity contribution in [3.8, 4) is 5.75 Å². The number of rotatable bonds is 5. The van der Waals surface area contributed by atoms with E-state index in [0.29, 0.717) is 17.6 Å². The van der Waals surface area contributed by atoms with Gasteiger partial charge in [0.1, 0.15) is 12.4 Å². The van der Waals surface area contributed by atoms with E-state index >= 15 is 0 Å². The molecule has 1 aromatic carbocycles.